The van der Waals surface area contributed by atoms with Gasteiger partial charge in [-0.1, -0.05) is 57.9 Å². The third-order valence-corrected chi connectivity index (χ3v) is 5.95. The van der Waals surface area contributed by atoms with E-state index >= 15 is 0 Å². The Labute approximate surface area is 194 Å². The van der Waals surface area contributed by atoms with E-state index in [-0.39, 0.29) is 19.3 Å². The van der Waals surface area contributed by atoms with Crippen molar-refractivity contribution in [3.8, 4) is 0 Å². The molecule has 0 unspecified atom stereocenters. The minimum atomic E-state index is -0.843. The third kappa shape index (κ3) is 18.8. The minimum Gasteiger partial charge on any atom is -0.481 e. The van der Waals surface area contributed by atoms with Crippen molar-refractivity contribution < 1.29 is 34.2 Å². The lowest BCUT2D eigenvalue weighted by Gasteiger charge is -2.38. The van der Waals surface area contributed by atoms with Gasteiger partial charge in [-0.3, -0.25) is 14.4 Å². The summed E-state index contributed by atoms with van der Waals surface area (Å²) in [6.45, 7) is 4.77. The molecule has 186 valence electrons. The van der Waals surface area contributed by atoms with Gasteiger partial charge >= 0.3 is 17.9 Å². The van der Waals surface area contributed by atoms with E-state index in [1.54, 1.807) is 0 Å². The fourth-order valence-corrected chi connectivity index (χ4v) is 4.12. The molecule has 32 heavy (non-hydrogen) atoms. The molecule has 0 fully saturated rings. The number of carboxylic acid groups (broad SMARTS) is 3. The molecule has 0 aliphatic rings. The van der Waals surface area contributed by atoms with Gasteiger partial charge in [0.15, 0.2) is 0 Å². The van der Waals surface area contributed by atoms with E-state index < -0.39 is 17.9 Å². The lowest BCUT2D eigenvalue weighted by molar-refractivity contribution is -0.923. The van der Waals surface area contributed by atoms with Crippen molar-refractivity contribution in [2.45, 2.75) is 103 Å². The Bertz CT molecular complexity index is 496. The first-order valence-electron chi connectivity index (χ1n) is 12.5. The maximum atomic E-state index is 11.0. The van der Waals surface area contributed by atoms with Crippen LogP contribution < -0.4 is 0 Å². The summed E-state index contributed by atoms with van der Waals surface area (Å²) in [5.74, 6) is -2.53. The third-order valence-electron chi connectivity index (χ3n) is 5.95. The molecule has 0 saturated heterocycles. The molecular weight excluding hydrogens is 410 g/mol. The Kier molecular flexibility index (Phi) is 18.6. The first-order valence-corrected chi connectivity index (χ1v) is 12.5. The Balaban J connectivity index is 4.69. The number of hydrogen-bond acceptors (Lipinski definition) is 3. The van der Waals surface area contributed by atoms with Crippen molar-refractivity contribution in [2.24, 2.45) is 0 Å². The molecule has 0 spiro atoms. The molecule has 0 bridgehead atoms. The fraction of sp³-hybridized carbons (Fsp3) is 0.800. The van der Waals surface area contributed by atoms with Crippen LogP contribution in [0.15, 0.2) is 12.2 Å². The van der Waals surface area contributed by atoms with Gasteiger partial charge in [0.05, 0.1) is 45.4 Å². The van der Waals surface area contributed by atoms with E-state index in [1.807, 2.05) is 0 Å². The predicted octanol–water partition coefficient (Wildman–Crippen LogP) is 5.48. The topological polar surface area (TPSA) is 112 Å². The molecule has 0 saturated carbocycles. The smallest absolute Gasteiger partial charge is 0.303 e. The van der Waals surface area contributed by atoms with Gasteiger partial charge in [0, 0.05) is 19.3 Å². The standard InChI is InChI=1S/C25H45NO6/c1-2-3-4-5-6-7-8-9-10-11-12-19-26(20-13-16-23(27)28,21-14-17-24(29)30)22-15-18-25(31)32/h11-12H,2-10,13-22H2,1H3,(H2-,27,28,29,30,31,32)/p+1/b12-11+. The summed E-state index contributed by atoms with van der Waals surface area (Å²) in [6.07, 6.45) is 17.2. The Morgan fingerprint density at radius 2 is 1.00 bits per heavy atom. The lowest BCUT2D eigenvalue weighted by atomic mass is 10.1. The second-order valence-corrected chi connectivity index (χ2v) is 8.92. The van der Waals surface area contributed by atoms with Gasteiger partial charge in [0.25, 0.3) is 0 Å². The minimum absolute atomic E-state index is 0.0693. The molecule has 0 atom stereocenters. The van der Waals surface area contributed by atoms with Gasteiger partial charge in [0.1, 0.15) is 0 Å². The fourth-order valence-electron chi connectivity index (χ4n) is 4.12. The monoisotopic (exact) mass is 456 g/mol. The normalized spacial score (nSPS) is 11.8. The van der Waals surface area contributed by atoms with E-state index in [1.165, 1.54) is 44.9 Å². The number of hydrogen-bond donors (Lipinski definition) is 3. The maximum absolute atomic E-state index is 11.0. The number of carboxylic acids is 3. The largest absolute Gasteiger partial charge is 0.481 e. The number of quaternary nitrogens is 1. The highest BCUT2D eigenvalue weighted by atomic mass is 16.4. The number of rotatable bonds is 23. The van der Waals surface area contributed by atoms with Crippen LogP contribution in [-0.2, 0) is 14.4 Å². The zero-order valence-electron chi connectivity index (χ0n) is 20.1. The van der Waals surface area contributed by atoms with Crippen LogP contribution in [0.2, 0.25) is 0 Å². The highest BCUT2D eigenvalue weighted by Crippen LogP contribution is 2.16. The number of allylic oxidation sites excluding steroid dienone is 1. The quantitative estimate of drug-likeness (QED) is 0.107. The zero-order valence-corrected chi connectivity index (χ0v) is 20.1. The molecule has 0 aromatic rings. The molecular formula is C25H46NO6+. The molecule has 0 aliphatic carbocycles. The summed E-state index contributed by atoms with van der Waals surface area (Å²) in [5.41, 5.74) is 0. The molecule has 0 rings (SSSR count). The van der Waals surface area contributed by atoms with Gasteiger partial charge in [-0.2, -0.15) is 0 Å². The van der Waals surface area contributed by atoms with Crippen molar-refractivity contribution in [1.82, 2.24) is 0 Å². The van der Waals surface area contributed by atoms with Crippen LogP contribution in [0.3, 0.4) is 0 Å². The van der Waals surface area contributed by atoms with Crippen LogP contribution in [0.25, 0.3) is 0 Å². The van der Waals surface area contributed by atoms with Crippen molar-refractivity contribution in [2.75, 3.05) is 26.2 Å². The average molecular weight is 457 g/mol. The molecule has 0 heterocycles. The summed E-state index contributed by atoms with van der Waals surface area (Å²) < 4.78 is 0.557. The van der Waals surface area contributed by atoms with Crippen LogP contribution in [0.4, 0.5) is 0 Å². The Morgan fingerprint density at radius 1 is 0.594 bits per heavy atom. The molecule has 0 aliphatic heterocycles. The lowest BCUT2D eigenvalue weighted by Crippen LogP contribution is -2.50. The van der Waals surface area contributed by atoms with E-state index in [4.69, 9.17) is 15.3 Å². The molecule has 0 amide bonds. The highest BCUT2D eigenvalue weighted by molar-refractivity contribution is 5.67. The number of aliphatic carboxylic acids is 3. The summed E-state index contributed by atoms with van der Waals surface area (Å²) in [6, 6.07) is 0. The predicted molar refractivity (Wildman–Crippen MR) is 127 cm³/mol. The Hall–Kier alpha value is -1.89. The first-order chi connectivity index (χ1) is 15.3. The summed E-state index contributed by atoms with van der Waals surface area (Å²) >= 11 is 0. The molecule has 0 aromatic carbocycles. The zero-order chi connectivity index (χ0) is 24.1. The molecule has 7 nitrogen and oxygen atoms in total. The number of nitrogens with zero attached hydrogens (tertiary/aromatic N) is 1. The second-order valence-electron chi connectivity index (χ2n) is 8.92. The summed E-state index contributed by atoms with van der Waals surface area (Å²) in [4.78, 5) is 32.9. The van der Waals surface area contributed by atoms with Crippen LogP contribution in [0.1, 0.15) is 103 Å². The highest BCUT2D eigenvalue weighted by Gasteiger charge is 2.26. The van der Waals surface area contributed by atoms with Gasteiger partial charge < -0.3 is 19.8 Å². The average Bonchev–Trinajstić information content (AvgIpc) is 2.71. The molecule has 0 aromatic heterocycles. The molecule has 7 heteroatoms. The van der Waals surface area contributed by atoms with E-state index in [2.05, 4.69) is 19.1 Å². The van der Waals surface area contributed by atoms with E-state index in [0.29, 0.717) is 49.9 Å². The second kappa shape index (κ2) is 19.8. The van der Waals surface area contributed by atoms with Gasteiger partial charge in [0.2, 0.25) is 0 Å². The number of carbonyl (C=O) groups is 3. The van der Waals surface area contributed by atoms with Crippen LogP contribution in [0, 0.1) is 0 Å². The molecule has 0 radical (unpaired) electrons. The van der Waals surface area contributed by atoms with Crippen LogP contribution in [0.5, 0.6) is 0 Å². The van der Waals surface area contributed by atoms with Crippen molar-refractivity contribution >= 4 is 17.9 Å². The summed E-state index contributed by atoms with van der Waals surface area (Å²) in [7, 11) is 0. The Morgan fingerprint density at radius 3 is 1.41 bits per heavy atom. The van der Waals surface area contributed by atoms with Crippen molar-refractivity contribution in [3.63, 3.8) is 0 Å². The van der Waals surface area contributed by atoms with Crippen molar-refractivity contribution in [3.05, 3.63) is 12.2 Å². The van der Waals surface area contributed by atoms with Crippen LogP contribution in [-0.4, -0.2) is 63.9 Å². The van der Waals surface area contributed by atoms with Crippen LogP contribution >= 0.6 is 0 Å². The van der Waals surface area contributed by atoms with E-state index in [0.717, 1.165) is 12.8 Å². The molecule has 3 N–H and O–H groups in total. The maximum Gasteiger partial charge on any atom is 0.303 e. The van der Waals surface area contributed by atoms with Gasteiger partial charge in [-0.15, -0.1) is 0 Å². The van der Waals surface area contributed by atoms with E-state index in [9.17, 15) is 14.4 Å². The first kappa shape index (κ1) is 30.1. The van der Waals surface area contributed by atoms with Crippen molar-refractivity contribution in [1.29, 1.82) is 0 Å². The van der Waals surface area contributed by atoms with Gasteiger partial charge in [-0.05, 0) is 18.9 Å². The SMILES string of the molecule is CCCCCCCCCC/C=C/C[N+](CCCC(=O)O)(CCCC(=O)O)CCCC(=O)O. The summed E-state index contributed by atoms with van der Waals surface area (Å²) in [5, 5.41) is 27.0. The number of unbranched alkanes of at least 4 members (excludes halogenated alkanes) is 8. The van der Waals surface area contributed by atoms with Gasteiger partial charge in [-0.25, -0.2) is 0 Å².